The van der Waals surface area contributed by atoms with Crippen molar-refractivity contribution in [3.8, 4) is 0 Å². The van der Waals surface area contributed by atoms with Gasteiger partial charge < -0.3 is 20.4 Å². The number of amides is 1. The molecule has 1 amide bonds. The van der Waals surface area contributed by atoms with Crippen molar-refractivity contribution in [1.82, 2.24) is 20.5 Å². The summed E-state index contributed by atoms with van der Waals surface area (Å²) in [5.74, 6) is 2.41. The Morgan fingerprint density at radius 2 is 1.97 bits per heavy atom. The van der Waals surface area contributed by atoms with Gasteiger partial charge >= 0.3 is 0 Å². The normalized spacial score (nSPS) is 20.3. The molecule has 1 aliphatic heterocycles. The predicted molar refractivity (Wildman–Crippen MR) is 123 cm³/mol. The van der Waals surface area contributed by atoms with Crippen LogP contribution in [-0.2, 0) is 11.3 Å². The number of pyridine rings is 1. The number of rotatable bonds is 7. The lowest BCUT2D eigenvalue weighted by Gasteiger charge is -2.26. The molecular formula is C23H38N6O. The van der Waals surface area contributed by atoms with Gasteiger partial charge in [-0.3, -0.25) is 9.79 Å². The second-order valence-electron chi connectivity index (χ2n) is 8.37. The molecule has 2 aliphatic rings. The maximum Gasteiger partial charge on any atom is 0.225 e. The molecule has 3 rings (SSSR count). The summed E-state index contributed by atoms with van der Waals surface area (Å²) in [6.45, 7) is 8.49. The Kier molecular flexibility index (Phi) is 8.34. The molecule has 2 N–H and O–H groups in total. The van der Waals surface area contributed by atoms with Crippen LogP contribution in [0.2, 0.25) is 0 Å². The van der Waals surface area contributed by atoms with E-state index >= 15 is 0 Å². The van der Waals surface area contributed by atoms with Crippen LogP contribution in [0.25, 0.3) is 0 Å². The SMILES string of the molecule is CCN(CC)c1ccc(CNC(=NC)NC2CCN(C(=O)C3CCCCC3)C2)cn1. The molecule has 2 heterocycles. The first-order valence-electron chi connectivity index (χ1n) is 11.6. The summed E-state index contributed by atoms with van der Waals surface area (Å²) in [6, 6.07) is 4.44. The number of guanidine groups is 1. The van der Waals surface area contributed by atoms with Crippen molar-refractivity contribution in [1.29, 1.82) is 0 Å². The third-order valence-corrected chi connectivity index (χ3v) is 6.38. The number of carbonyl (C=O) groups is 1. The molecule has 2 fully saturated rings. The number of nitrogens with zero attached hydrogens (tertiary/aromatic N) is 4. The van der Waals surface area contributed by atoms with Gasteiger partial charge in [-0.1, -0.05) is 25.3 Å². The topological polar surface area (TPSA) is 72.9 Å². The fourth-order valence-electron chi connectivity index (χ4n) is 4.52. The van der Waals surface area contributed by atoms with Gasteiger partial charge in [0.15, 0.2) is 5.96 Å². The van der Waals surface area contributed by atoms with Gasteiger partial charge in [0.05, 0.1) is 0 Å². The van der Waals surface area contributed by atoms with E-state index in [1.54, 1.807) is 7.05 Å². The van der Waals surface area contributed by atoms with E-state index in [4.69, 9.17) is 0 Å². The van der Waals surface area contributed by atoms with E-state index in [9.17, 15) is 4.79 Å². The average Bonchev–Trinajstić information content (AvgIpc) is 3.27. The van der Waals surface area contributed by atoms with Crippen LogP contribution in [0.4, 0.5) is 5.82 Å². The van der Waals surface area contributed by atoms with Crippen LogP contribution in [-0.4, -0.2) is 61.0 Å². The average molecular weight is 415 g/mol. The highest BCUT2D eigenvalue weighted by molar-refractivity contribution is 5.81. The summed E-state index contributed by atoms with van der Waals surface area (Å²) in [5.41, 5.74) is 1.12. The van der Waals surface area contributed by atoms with Crippen LogP contribution in [0, 0.1) is 5.92 Å². The molecule has 1 aromatic rings. The van der Waals surface area contributed by atoms with E-state index in [2.05, 4.69) is 56.4 Å². The number of aromatic nitrogens is 1. The molecule has 1 aromatic heterocycles. The first-order valence-corrected chi connectivity index (χ1v) is 11.6. The van der Waals surface area contributed by atoms with Gasteiger partial charge in [-0.25, -0.2) is 4.98 Å². The zero-order valence-electron chi connectivity index (χ0n) is 18.9. The lowest BCUT2D eigenvalue weighted by atomic mass is 9.88. The predicted octanol–water partition coefficient (Wildman–Crippen LogP) is 2.77. The Hall–Kier alpha value is -2.31. The van der Waals surface area contributed by atoms with Crippen molar-refractivity contribution < 1.29 is 4.79 Å². The van der Waals surface area contributed by atoms with E-state index in [0.29, 0.717) is 12.5 Å². The first kappa shape index (κ1) is 22.4. The van der Waals surface area contributed by atoms with Crippen molar-refractivity contribution in [3.63, 3.8) is 0 Å². The van der Waals surface area contributed by atoms with Crippen LogP contribution in [0.1, 0.15) is 57.9 Å². The Morgan fingerprint density at radius 3 is 2.60 bits per heavy atom. The highest BCUT2D eigenvalue weighted by Gasteiger charge is 2.31. The molecule has 7 nitrogen and oxygen atoms in total. The number of hydrogen-bond acceptors (Lipinski definition) is 4. The summed E-state index contributed by atoms with van der Waals surface area (Å²) >= 11 is 0. The van der Waals surface area contributed by atoms with Gasteiger partial charge in [0.25, 0.3) is 0 Å². The Balaban J connectivity index is 1.45. The Labute approximate surface area is 181 Å². The second kappa shape index (κ2) is 11.2. The molecule has 1 saturated carbocycles. The van der Waals surface area contributed by atoms with Gasteiger partial charge in [0.2, 0.25) is 5.91 Å². The van der Waals surface area contributed by atoms with Crippen LogP contribution in [0.15, 0.2) is 23.3 Å². The van der Waals surface area contributed by atoms with Crippen molar-refractivity contribution in [3.05, 3.63) is 23.9 Å². The van der Waals surface area contributed by atoms with Crippen molar-refractivity contribution in [2.24, 2.45) is 10.9 Å². The first-order chi connectivity index (χ1) is 14.6. The molecule has 1 unspecified atom stereocenters. The minimum Gasteiger partial charge on any atom is -0.357 e. The Morgan fingerprint density at radius 1 is 1.20 bits per heavy atom. The van der Waals surface area contributed by atoms with E-state index in [1.807, 2.05) is 6.20 Å². The van der Waals surface area contributed by atoms with E-state index in [1.165, 1.54) is 19.3 Å². The number of hydrogen-bond donors (Lipinski definition) is 2. The standard InChI is InChI=1S/C23H38N6O/c1-4-28(5-2)21-12-11-18(15-25-21)16-26-23(24-3)27-20-13-14-29(17-20)22(30)19-9-7-6-8-10-19/h11-12,15,19-20H,4-10,13-14,16-17H2,1-3H3,(H2,24,26,27). The smallest absolute Gasteiger partial charge is 0.225 e. The molecular weight excluding hydrogens is 376 g/mol. The minimum absolute atomic E-state index is 0.252. The number of carbonyl (C=O) groups excluding carboxylic acids is 1. The summed E-state index contributed by atoms with van der Waals surface area (Å²) in [7, 11) is 1.79. The summed E-state index contributed by atoms with van der Waals surface area (Å²) in [6.07, 6.45) is 8.72. The van der Waals surface area contributed by atoms with E-state index in [0.717, 1.165) is 62.8 Å². The maximum absolute atomic E-state index is 12.8. The molecule has 1 atom stereocenters. The largest absolute Gasteiger partial charge is 0.357 e. The van der Waals surface area contributed by atoms with Gasteiger partial charge in [-0.2, -0.15) is 0 Å². The van der Waals surface area contributed by atoms with E-state index in [-0.39, 0.29) is 12.0 Å². The van der Waals surface area contributed by atoms with Crippen LogP contribution >= 0.6 is 0 Å². The number of anilines is 1. The highest BCUT2D eigenvalue weighted by Crippen LogP contribution is 2.26. The lowest BCUT2D eigenvalue weighted by Crippen LogP contribution is -2.45. The summed E-state index contributed by atoms with van der Waals surface area (Å²) in [5, 5.41) is 6.87. The van der Waals surface area contributed by atoms with Crippen LogP contribution in [0.3, 0.4) is 0 Å². The Bertz CT molecular complexity index is 694. The van der Waals surface area contributed by atoms with Gasteiger partial charge in [-0.05, 0) is 44.7 Å². The molecule has 1 aliphatic carbocycles. The molecule has 0 radical (unpaired) electrons. The zero-order valence-corrected chi connectivity index (χ0v) is 18.9. The molecule has 7 heteroatoms. The zero-order chi connectivity index (χ0) is 21.3. The molecule has 0 aromatic carbocycles. The van der Waals surface area contributed by atoms with E-state index < -0.39 is 0 Å². The van der Waals surface area contributed by atoms with Crippen molar-refractivity contribution in [2.45, 2.75) is 65.0 Å². The number of aliphatic imine (C=N–C) groups is 1. The second-order valence-corrected chi connectivity index (χ2v) is 8.37. The van der Waals surface area contributed by atoms with Crippen LogP contribution in [0.5, 0.6) is 0 Å². The molecule has 0 spiro atoms. The van der Waals surface area contributed by atoms with Crippen LogP contribution < -0.4 is 15.5 Å². The van der Waals surface area contributed by atoms with Gasteiger partial charge in [0, 0.05) is 57.9 Å². The maximum atomic E-state index is 12.8. The fraction of sp³-hybridized carbons (Fsp3) is 0.696. The minimum atomic E-state index is 0.252. The monoisotopic (exact) mass is 414 g/mol. The lowest BCUT2D eigenvalue weighted by molar-refractivity contribution is -0.135. The third-order valence-electron chi connectivity index (χ3n) is 6.38. The molecule has 0 bridgehead atoms. The molecule has 166 valence electrons. The molecule has 30 heavy (non-hydrogen) atoms. The number of likely N-dealkylation sites (tertiary alicyclic amines) is 1. The summed E-state index contributed by atoms with van der Waals surface area (Å²) < 4.78 is 0. The summed E-state index contributed by atoms with van der Waals surface area (Å²) in [4.78, 5) is 26.0. The van der Waals surface area contributed by atoms with Crippen molar-refractivity contribution in [2.75, 3.05) is 38.1 Å². The molecule has 1 saturated heterocycles. The fourth-order valence-corrected chi connectivity index (χ4v) is 4.52. The quantitative estimate of drug-likeness (QED) is 0.530. The highest BCUT2D eigenvalue weighted by atomic mass is 16.2. The van der Waals surface area contributed by atoms with Gasteiger partial charge in [0.1, 0.15) is 5.82 Å². The third kappa shape index (κ3) is 5.86. The van der Waals surface area contributed by atoms with Gasteiger partial charge in [-0.15, -0.1) is 0 Å². The van der Waals surface area contributed by atoms with Crippen molar-refractivity contribution >= 4 is 17.7 Å². The number of nitrogens with one attached hydrogen (secondary N) is 2.